The minimum atomic E-state index is -0.506. The fourth-order valence-electron chi connectivity index (χ4n) is 2.47. The molecule has 1 atom stereocenters. The quantitative estimate of drug-likeness (QED) is 0.828. The van der Waals surface area contributed by atoms with Gasteiger partial charge in [0.1, 0.15) is 6.10 Å². The molecule has 0 aliphatic carbocycles. The van der Waals surface area contributed by atoms with Gasteiger partial charge in [0, 0.05) is 23.6 Å². The number of benzene rings is 1. The number of rotatable bonds is 5. The van der Waals surface area contributed by atoms with Gasteiger partial charge in [-0.05, 0) is 30.4 Å². The third-order valence-corrected chi connectivity index (χ3v) is 4.88. The topological polar surface area (TPSA) is 77.5 Å². The Morgan fingerprint density at radius 1 is 1.28 bits per heavy atom. The molecule has 1 N–H and O–H groups in total. The van der Waals surface area contributed by atoms with Crippen LogP contribution in [0.1, 0.15) is 27.1 Å². The van der Waals surface area contributed by atoms with Crippen molar-refractivity contribution in [2.45, 2.75) is 12.5 Å². The van der Waals surface area contributed by atoms with Gasteiger partial charge < -0.3 is 14.8 Å². The first-order valence-corrected chi connectivity index (χ1v) is 9.02. The van der Waals surface area contributed by atoms with Gasteiger partial charge in [0.15, 0.2) is 0 Å². The lowest BCUT2D eigenvalue weighted by atomic mass is 10.1. The van der Waals surface area contributed by atoms with Crippen LogP contribution in [0.15, 0.2) is 42.6 Å². The number of carbonyl (C=O) groups is 2. The normalized spacial score (nSPS) is 16.3. The number of anilines is 1. The van der Waals surface area contributed by atoms with E-state index in [-0.39, 0.29) is 12.0 Å². The van der Waals surface area contributed by atoms with E-state index in [9.17, 15) is 9.59 Å². The fraction of sp³-hybridized carbons (Fsp3) is 0.278. The molecule has 0 radical (unpaired) electrons. The molecular formula is C18H18N2O4S. The Hall–Kier alpha value is -2.54. The molecule has 3 rings (SSSR count). The zero-order chi connectivity index (χ0) is 17.6. The van der Waals surface area contributed by atoms with E-state index in [1.54, 1.807) is 42.6 Å². The molecule has 1 aliphatic heterocycles. The second-order valence-electron chi connectivity index (χ2n) is 5.48. The van der Waals surface area contributed by atoms with Gasteiger partial charge in [-0.2, -0.15) is 11.8 Å². The number of methoxy groups -OCH3 is 1. The Balaban J connectivity index is 1.74. The van der Waals surface area contributed by atoms with Crippen molar-refractivity contribution in [2.24, 2.45) is 0 Å². The zero-order valence-electron chi connectivity index (χ0n) is 13.7. The minimum Gasteiger partial charge on any atom is -0.473 e. The number of hydrogen-bond acceptors (Lipinski definition) is 6. The number of carbonyl (C=O) groups excluding carboxylic acids is 2. The van der Waals surface area contributed by atoms with E-state index in [0.717, 1.165) is 17.9 Å². The van der Waals surface area contributed by atoms with Gasteiger partial charge in [0.25, 0.3) is 5.91 Å². The molecule has 1 aliphatic rings. The van der Waals surface area contributed by atoms with Crippen LogP contribution in [0.5, 0.6) is 5.88 Å². The van der Waals surface area contributed by atoms with Crippen molar-refractivity contribution in [1.82, 2.24) is 4.98 Å². The number of nitrogens with zero attached hydrogens (tertiary/aromatic N) is 1. The van der Waals surface area contributed by atoms with Crippen molar-refractivity contribution >= 4 is 29.3 Å². The Morgan fingerprint density at radius 3 is 2.88 bits per heavy atom. The van der Waals surface area contributed by atoms with E-state index in [1.165, 1.54) is 7.11 Å². The first kappa shape index (κ1) is 17.3. The smallest absolute Gasteiger partial charge is 0.339 e. The first-order valence-electron chi connectivity index (χ1n) is 7.86. The number of amides is 1. The molecule has 1 fully saturated rings. The van der Waals surface area contributed by atoms with Crippen LogP contribution in [0.25, 0.3) is 0 Å². The number of thioether (sulfide) groups is 1. The Labute approximate surface area is 149 Å². The van der Waals surface area contributed by atoms with Crippen LogP contribution in [0.2, 0.25) is 0 Å². The summed E-state index contributed by atoms with van der Waals surface area (Å²) in [4.78, 5) is 28.5. The van der Waals surface area contributed by atoms with Gasteiger partial charge in [-0.25, -0.2) is 9.78 Å². The van der Waals surface area contributed by atoms with Crippen LogP contribution < -0.4 is 10.1 Å². The number of pyridine rings is 1. The molecule has 2 heterocycles. The summed E-state index contributed by atoms with van der Waals surface area (Å²) in [5.41, 5.74) is 1.10. The van der Waals surface area contributed by atoms with Crippen molar-refractivity contribution in [3.05, 3.63) is 53.7 Å². The molecule has 1 aromatic carbocycles. The maximum absolute atomic E-state index is 12.5. The lowest BCUT2D eigenvalue weighted by molar-refractivity contribution is 0.0602. The van der Waals surface area contributed by atoms with Gasteiger partial charge in [0.05, 0.1) is 18.4 Å². The van der Waals surface area contributed by atoms with Crippen LogP contribution in [0.4, 0.5) is 5.69 Å². The third-order valence-electron chi connectivity index (χ3n) is 3.75. The lowest BCUT2D eigenvalue weighted by Gasteiger charge is -2.13. The molecule has 25 heavy (non-hydrogen) atoms. The van der Waals surface area contributed by atoms with E-state index >= 15 is 0 Å². The largest absolute Gasteiger partial charge is 0.473 e. The van der Waals surface area contributed by atoms with Crippen molar-refractivity contribution in [2.75, 3.05) is 23.9 Å². The van der Waals surface area contributed by atoms with Crippen LogP contribution in [-0.2, 0) is 4.74 Å². The summed E-state index contributed by atoms with van der Waals surface area (Å²) >= 11 is 1.84. The van der Waals surface area contributed by atoms with Gasteiger partial charge >= 0.3 is 5.97 Å². The van der Waals surface area contributed by atoms with Gasteiger partial charge in [0.2, 0.25) is 5.88 Å². The number of ether oxygens (including phenoxy) is 2. The second-order valence-corrected chi connectivity index (χ2v) is 6.63. The molecule has 0 spiro atoms. The van der Waals surface area contributed by atoms with Gasteiger partial charge in [-0.15, -0.1) is 0 Å². The predicted octanol–water partition coefficient (Wildman–Crippen LogP) is 3.00. The summed E-state index contributed by atoms with van der Waals surface area (Å²) in [6.07, 6.45) is 2.66. The number of hydrogen-bond donors (Lipinski definition) is 1. The molecule has 0 saturated carbocycles. The maximum Gasteiger partial charge on any atom is 0.339 e. The molecule has 7 heteroatoms. The van der Waals surface area contributed by atoms with Gasteiger partial charge in [-0.3, -0.25) is 4.79 Å². The molecule has 130 valence electrons. The standard InChI is InChI=1S/C18H18N2O4S/c1-23-18(22)14-4-2-3-5-15(14)20-17(21)12-6-8-19-16(10-12)24-13-7-9-25-11-13/h2-6,8,10,13H,7,9,11H2,1H3,(H,20,21). The van der Waals surface area contributed by atoms with Crippen LogP contribution in [-0.4, -0.2) is 41.6 Å². The number of aromatic nitrogens is 1. The number of esters is 1. The SMILES string of the molecule is COC(=O)c1ccccc1NC(=O)c1ccnc(OC2CCSC2)c1. The second kappa shape index (κ2) is 8.02. The van der Waals surface area contributed by atoms with Crippen molar-refractivity contribution < 1.29 is 19.1 Å². The average Bonchev–Trinajstić information content (AvgIpc) is 3.14. The van der Waals surface area contributed by atoms with Crippen LogP contribution in [0.3, 0.4) is 0 Å². The molecule has 2 aromatic rings. The molecule has 1 aromatic heterocycles. The van der Waals surface area contributed by atoms with E-state index in [2.05, 4.69) is 10.3 Å². The Morgan fingerprint density at radius 2 is 2.12 bits per heavy atom. The molecule has 6 nitrogen and oxygen atoms in total. The van der Waals surface area contributed by atoms with E-state index in [0.29, 0.717) is 22.7 Å². The minimum absolute atomic E-state index is 0.135. The lowest BCUT2D eigenvalue weighted by Crippen LogP contribution is -2.18. The third kappa shape index (κ3) is 4.30. The fourth-order valence-corrected chi connectivity index (χ4v) is 3.56. The van der Waals surface area contributed by atoms with Crippen molar-refractivity contribution in [3.8, 4) is 5.88 Å². The molecule has 1 unspecified atom stereocenters. The van der Waals surface area contributed by atoms with Crippen LogP contribution >= 0.6 is 11.8 Å². The van der Waals surface area contributed by atoms with E-state index < -0.39 is 5.97 Å². The number of nitrogens with one attached hydrogen (secondary N) is 1. The summed E-state index contributed by atoms with van der Waals surface area (Å²) in [5, 5.41) is 2.74. The average molecular weight is 358 g/mol. The summed E-state index contributed by atoms with van der Waals surface area (Å²) in [6, 6.07) is 9.91. The monoisotopic (exact) mass is 358 g/mol. The number of para-hydroxylation sites is 1. The van der Waals surface area contributed by atoms with E-state index in [4.69, 9.17) is 9.47 Å². The molecule has 1 saturated heterocycles. The highest BCUT2D eigenvalue weighted by molar-refractivity contribution is 7.99. The summed E-state index contributed by atoms with van der Waals surface area (Å²) in [7, 11) is 1.30. The van der Waals surface area contributed by atoms with Gasteiger partial charge in [-0.1, -0.05) is 12.1 Å². The summed E-state index contributed by atoms with van der Waals surface area (Å²) < 4.78 is 10.5. The zero-order valence-corrected chi connectivity index (χ0v) is 14.5. The highest BCUT2D eigenvalue weighted by Gasteiger charge is 2.19. The molecule has 1 amide bonds. The van der Waals surface area contributed by atoms with Crippen molar-refractivity contribution in [1.29, 1.82) is 0 Å². The summed E-state index contributed by atoms with van der Waals surface area (Å²) in [5.74, 6) is 1.60. The predicted molar refractivity (Wildman–Crippen MR) is 96.3 cm³/mol. The first-order chi connectivity index (χ1) is 12.2. The Bertz CT molecular complexity index is 775. The highest BCUT2D eigenvalue weighted by Crippen LogP contribution is 2.23. The van der Waals surface area contributed by atoms with Crippen LogP contribution in [0, 0.1) is 0 Å². The molecular weight excluding hydrogens is 340 g/mol. The van der Waals surface area contributed by atoms with Crippen molar-refractivity contribution in [3.63, 3.8) is 0 Å². The maximum atomic E-state index is 12.5. The summed E-state index contributed by atoms with van der Waals surface area (Å²) in [6.45, 7) is 0. The highest BCUT2D eigenvalue weighted by atomic mass is 32.2. The Kier molecular flexibility index (Phi) is 5.55. The molecule has 0 bridgehead atoms. The van der Waals surface area contributed by atoms with E-state index in [1.807, 2.05) is 11.8 Å².